The van der Waals surface area contributed by atoms with E-state index < -0.39 is 23.1 Å². The molecule has 0 amide bonds. The van der Waals surface area contributed by atoms with E-state index in [1.165, 1.54) is 0 Å². The summed E-state index contributed by atoms with van der Waals surface area (Å²) in [6.07, 6.45) is -3.55. The van der Waals surface area contributed by atoms with Crippen molar-refractivity contribution in [3.8, 4) is 5.75 Å². The van der Waals surface area contributed by atoms with Crippen LogP contribution in [0.1, 0.15) is 38.7 Å². The van der Waals surface area contributed by atoms with Gasteiger partial charge in [-0.3, -0.25) is 0 Å². The van der Waals surface area contributed by atoms with Crippen LogP contribution in [0.15, 0.2) is 24.3 Å². The second-order valence-corrected chi connectivity index (χ2v) is 6.87. The zero-order valence-electron chi connectivity index (χ0n) is 13.2. The molecule has 0 bridgehead atoms. The van der Waals surface area contributed by atoms with E-state index in [0.717, 1.165) is 5.56 Å². The maximum atomic E-state index is 13.5. The van der Waals surface area contributed by atoms with Crippen molar-refractivity contribution < 1.29 is 23.0 Å². The molecule has 22 heavy (non-hydrogen) atoms. The molecule has 0 aromatic heterocycles. The number of aliphatic hydroxyl groups is 1. The van der Waals surface area contributed by atoms with Crippen molar-refractivity contribution in [2.24, 2.45) is 11.3 Å². The second-order valence-electron chi connectivity index (χ2n) is 6.87. The minimum atomic E-state index is -4.61. The molecule has 1 N–H and O–H groups in total. The van der Waals surface area contributed by atoms with Crippen molar-refractivity contribution in [1.29, 1.82) is 0 Å². The van der Waals surface area contributed by atoms with Crippen molar-refractivity contribution in [1.82, 2.24) is 0 Å². The molecule has 1 aromatic rings. The maximum Gasteiger partial charge on any atom is 0.417 e. The predicted molar refractivity (Wildman–Crippen MR) is 78.8 cm³/mol. The van der Waals surface area contributed by atoms with Gasteiger partial charge in [0.25, 0.3) is 0 Å². The van der Waals surface area contributed by atoms with Gasteiger partial charge in [0.15, 0.2) is 5.60 Å². The van der Waals surface area contributed by atoms with Crippen molar-refractivity contribution in [3.05, 3.63) is 29.8 Å². The lowest BCUT2D eigenvalue weighted by Gasteiger charge is -2.50. The average molecular weight is 316 g/mol. The fourth-order valence-electron chi connectivity index (χ4n) is 3.59. The number of rotatable bonds is 3. The van der Waals surface area contributed by atoms with Gasteiger partial charge in [0.2, 0.25) is 0 Å². The van der Waals surface area contributed by atoms with Gasteiger partial charge in [-0.2, -0.15) is 13.2 Å². The number of methoxy groups -OCH3 is 1. The SMILES string of the molecule is COc1ccc(CC2C(C)(C)CCCC2(O)C(F)(F)F)cc1. The van der Waals surface area contributed by atoms with Gasteiger partial charge >= 0.3 is 6.18 Å². The Morgan fingerprint density at radius 3 is 2.27 bits per heavy atom. The molecule has 0 saturated heterocycles. The van der Waals surface area contributed by atoms with Crippen LogP contribution >= 0.6 is 0 Å². The van der Waals surface area contributed by atoms with Crippen LogP contribution in [0, 0.1) is 11.3 Å². The molecule has 0 radical (unpaired) electrons. The van der Waals surface area contributed by atoms with E-state index in [1.54, 1.807) is 31.4 Å². The number of benzene rings is 1. The topological polar surface area (TPSA) is 29.5 Å². The summed E-state index contributed by atoms with van der Waals surface area (Å²) in [6.45, 7) is 3.63. The first-order valence-corrected chi connectivity index (χ1v) is 7.52. The van der Waals surface area contributed by atoms with E-state index in [-0.39, 0.29) is 12.8 Å². The molecule has 2 unspecified atom stereocenters. The molecule has 1 aliphatic rings. The molecule has 0 spiro atoms. The van der Waals surface area contributed by atoms with Crippen LogP contribution in [-0.2, 0) is 6.42 Å². The normalized spacial score (nSPS) is 28.4. The van der Waals surface area contributed by atoms with Crippen LogP contribution in [0.5, 0.6) is 5.75 Å². The molecule has 1 aliphatic carbocycles. The summed E-state index contributed by atoms with van der Waals surface area (Å²) >= 11 is 0. The van der Waals surface area contributed by atoms with Crippen LogP contribution in [0.3, 0.4) is 0 Å². The molecule has 0 aliphatic heterocycles. The lowest BCUT2D eigenvalue weighted by Crippen LogP contribution is -2.58. The Kier molecular flexibility index (Phi) is 4.49. The first-order chi connectivity index (χ1) is 10.1. The zero-order chi connectivity index (χ0) is 16.6. The Hall–Kier alpha value is -1.23. The van der Waals surface area contributed by atoms with Gasteiger partial charge < -0.3 is 9.84 Å². The largest absolute Gasteiger partial charge is 0.497 e. The molecular formula is C17H23F3O2. The number of hydrogen-bond acceptors (Lipinski definition) is 2. The van der Waals surface area contributed by atoms with Crippen LogP contribution < -0.4 is 4.74 Å². The number of ether oxygens (including phenoxy) is 1. The third-order valence-electron chi connectivity index (χ3n) is 4.99. The Bertz CT molecular complexity index is 508. The minimum Gasteiger partial charge on any atom is -0.497 e. The van der Waals surface area contributed by atoms with Gasteiger partial charge in [-0.25, -0.2) is 0 Å². The number of alkyl halides is 3. The van der Waals surface area contributed by atoms with Gasteiger partial charge in [0.1, 0.15) is 5.75 Å². The second kappa shape index (κ2) is 5.76. The van der Waals surface area contributed by atoms with Gasteiger partial charge in [0, 0.05) is 5.92 Å². The third kappa shape index (κ3) is 3.09. The van der Waals surface area contributed by atoms with E-state index >= 15 is 0 Å². The first kappa shape index (κ1) is 17.1. The van der Waals surface area contributed by atoms with E-state index in [1.807, 2.05) is 13.8 Å². The maximum absolute atomic E-state index is 13.5. The van der Waals surface area contributed by atoms with Gasteiger partial charge in [0.05, 0.1) is 7.11 Å². The van der Waals surface area contributed by atoms with E-state index in [2.05, 4.69) is 0 Å². The molecule has 2 nitrogen and oxygen atoms in total. The standard InChI is InChI=1S/C17H23F3O2/c1-15(2)9-4-10-16(21,17(18,19)20)14(15)11-12-5-7-13(22-3)8-6-12/h5-8,14,21H,4,9-11H2,1-3H3. The van der Waals surface area contributed by atoms with E-state index in [9.17, 15) is 18.3 Å². The van der Waals surface area contributed by atoms with Crippen molar-refractivity contribution in [2.75, 3.05) is 7.11 Å². The number of halogens is 3. The molecule has 5 heteroatoms. The summed E-state index contributed by atoms with van der Waals surface area (Å²) in [5, 5.41) is 10.4. The lowest BCUT2D eigenvalue weighted by molar-refractivity contribution is -0.302. The highest BCUT2D eigenvalue weighted by molar-refractivity contribution is 5.28. The predicted octanol–water partition coefficient (Wildman–Crippen LogP) is 4.36. The summed E-state index contributed by atoms with van der Waals surface area (Å²) < 4.78 is 45.5. The van der Waals surface area contributed by atoms with Gasteiger partial charge in [-0.15, -0.1) is 0 Å². The summed E-state index contributed by atoms with van der Waals surface area (Å²) in [5.41, 5.74) is -2.40. The van der Waals surface area contributed by atoms with Crippen molar-refractivity contribution >= 4 is 0 Å². The Morgan fingerprint density at radius 1 is 1.18 bits per heavy atom. The summed E-state index contributed by atoms with van der Waals surface area (Å²) in [6, 6.07) is 7.00. The van der Waals surface area contributed by atoms with Crippen LogP contribution in [0.25, 0.3) is 0 Å². The fraction of sp³-hybridized carbons (Fsp3) is 0.647. The van der Waals surface area contributed by atoms with Gasteiger partial charge in [-0.05, 0) is 48.8 Å². The fourth-order valence-corrected chi connectivity index (χ4v) is 3.59. The van der Waals surface area contributed by atoms with Crippen molar-refractivity contribution in [3.63, 3.8) is 0 Å². The Balaban J connectivity index is 2.32. The van der Waals surface area contributed by atoms with E-state index in [0.29, 0.717) is 18.6 Å². The molecule has 2 rings (SSSR count). The monoisotopic (exact) mass is 316 g/mol. The van der Waals surface area contributed by atoms with Crippen LogP contribution in [-0.4, -0.2) is 24.0 Å². The molecule has 1 aromatic carbocycles. The van der Waals surface area contributed by atoms with Crippen LogP contribution in [0.4, 0.5) is 13.2 Å². The smallest absolute Gasteiger partial charge is 0.417 e. The third-order valence-corrected chi connectivity index (χ3v) is 4.99. The molecule has 1 fully saturated rings. The molecule has 1 saturated carbocycles. The molecule has 124 valence electrons. The highest BCUT2D eigenvalue weighted by Crippen LogP contribution is 2.53. The highest BCUT2D eigenvalue weighted by Gasteiger charge is 2.62. The summed E-state index contributed by atoms with van der Waals surface area (Å²) in [4.78, 5) is 0. The Labute approximate surface area is 129 Å². The number of hydrogen-bond donors (Lipinski definition) is 1. The molecule has 2 atom stereocenters. The van der Waals surface area contributed by atoms with Crippen molar-refractivity contribution in [2.45, 2.75) is 51.3 Å². The molecular weight excluding hydrogens is 293 g/mol. The summed E-state index contributed by atoms with van der Waals surface area (Å²) in [7, 11) is 1.54. The molecule has 0 heterocycles. The van der Waals surface area contributed by atoms with E-state index in [4.69, 9.17) is 4.74 Å². The van der Waals surface area contributed by atoms with Gasteiger partial charge in [-0.1, -0.05) is 26.0 Å². The Morgan fingerprint density at radius 2 is 1.77 bits per heavy atom. The first-order valence-electron chi connectivity index (χ1n) is 7.52. The lowest BCUT2D eigenvalue weighted by atomic mass is 9.59. The summed E-state index contributed by atoms with van der Waals surface area (Å²) in [5.74, 6) is -0.195. The van der Waals surface area contributed by atoms with Crippen LogP contribution in [0.2, 0.25) is 0 Å². The minimum absolute atomic E-state index is 0.201. The quantitative estimate of drug-likeness (QED) is 0.898. The highest BCUT2D eigenvalue weighted by atomic mass is 19.4. The average Bonchev–Trinajstić information content (AvgIpc) is 2.42. The zero-order valence-corrected chi connectivity index (χ0v) is 13.2.